The van der Waals surface area contributed by atoms with Crippen LogP contribution in [0.5, 0.6) is 0 Å². The van der Waals surface area contributed by atoms with Crippen LogP contribution in [-0.2, 0) is 4.74 Å². The molecular formula is C23H17NO6. The van der Waals surface area contributed by atoms with E-state index in [0.29, 0.717) is 0 Å². The van der Waals surface area contributed by atoms with Crippen LogP contribution >= 0.6 is 0 Å². The lowest BCUT2D eigenvalue weighted by Crippen LogP contribution is -2.19. The zero-order valence-corrected chi connectivity index (χ0v) is 15.7. The Morgan fingerprint density at radius 2 is 1.30 bits per heavy atom. The van der Waals surface area contributed by atoms with Gasteiger partial charge in [-0.1, -0.05) is 48.5 Å². The van der Waals surface area contributed by atoms with Gasteiger partial charge in [-0.2, -0.15) is 0 Å². The summed E-state index contributed by atoms with van der Waals surface area (Å²) >= 11 is 0. The highest BCUT2D eigenvalue weighted by atomic mass is 16.5. The third-order valence-electron chi connectivity index (χ3n) is 5.25. The number of hydrogen-bond donors (Lipinski definition) is 3. The SMILES string of the molecule is Nc1c(C(=O)O)ccc(C(=O)O)c1C(=O)OCC1c2ccccc2-c2ccccc21. The Labute approximate surface area is 171 Å². The van der Waals surface area contributed by atoms with Crippen molar-refractivity contribution < 1.29 is 29.3 Å². The normalized spacial score (nSPS) is 12.1. The van der Waals surface area contributed by atoms with Gasteiger partial charge in [0.25, 0.3) is 0 Å². The molecule has 0 saturated heterocycles. The number of aromatic carboxylic acids is 2. The quantitative estimate of drug-likeness (QED) is 0.438. The van der Waals surface area contributed by atoms with Crippen LogP contribution in [0.4, 0.5) is 5.69 Å². The molecule has 0 radical (unpaired) electrons. The number of ether oxygens (including phenoxy) is 1. The second kappa shape index (κ2) is 7.36. The van der Waals surface area contributed by atoms with Crippen molar-refractivity contribution in [2.75, 3.05) is 12.3 Å². The number of benzene rings is 3. The highest BCUT2D eigenvalue weighted by Gasteiger charge is 2.31. The number of fused-ring (bicyclic) bond motifs is 3. The van der Waals surface area contributed by atoms with Gasteiger partial charge in [0.2, 0.25) is 0 Å². The molecule has 0 unspecified atom stereocenters. The fraction of sp³-hybridized carbons (Fsp3) is 0.0870. The molecule has 30 heavy (non-hydrogen) atoms. The van der Waals surface area contributed by atoms with Gasteiger partial charge in [-0.05, 0) is 34.4 Å². The van der Waals surface area contributed by atoms with Crippen LogP contribution in [0.15, 0.2) is 60.7 Å². The van der Waals surface area contributed by atoms with E-state index in [9.17, 15) is 24.6 Å². The number of esters is 1. The number of carbonyl (C=O) groups is 3. The van der Waals surface area contributed by atoms with E-state index in [2.05, 4.69) is 0 Å². The van der Waals surface area contributed by atoms with Crippen LogP contribution in [0.2, 0.25) is 0 Å². The van der Waals surface area contributed by atoms with Crippen molar-refractivity contribution in [3.63, 3.8) is 0 Å². The Bertz CT molecular complexity index is 1150. The molecule has 3 aromatic rings. The number of carboxylic acid groups (broad SMARTS) is 2. The summed E-state index contributed by atoms with van der Waals surface area (Å²) in [5.41, 5.74) is 8.26. The number of anilines is 1. The fourth-order valence-corrected chi connectivity index (χ4v) is 3.87. The fourth-order valence-electron chi connectivity index (χ4n) is 3.87. The summed E-state index contributed by atoms with van der Waals surface area (Å²) in [6.07, 6.45) is 0. The Kier molecular flexibility index (Phi) is 4.71. The molecule has 4 N–H and O–H groups in total. The van der Waals surface area contributed by atoms with Crippen molar-refractivity contribution in [2.24, 2.45) is 0 Å². The summed E-state index contributed by atoms with van der Waals surface area (Å²) in [6.45, 7) is -0.0390. The predicted molar refractivity (Wildman–Crippen MR) is 109 cm³/mol. The van der Waals surface area contributed by atoms with E-state index in [1.807, 2.05) is 48.5 Å². The topological polar surface area (TPSA) is 127 Å². The maximum Gasteiger partial charge on any atom is 0.341 e. The van der Waals surface area contributed by atoms with E-state index in [0.717, 1.165) is 34.4 Å². The van der Waals surface area contributed by atoms with Crippen LogP contribution < -0.4 is 5.73 Å². The summed E-state index contributed by atoms with van der Waals surface area (Å²) in [5.74, 6) is -3.97. The van der Waals surface area contributed by atoms with E-state index in [4.69, 9.17) is 10.5 Å². The predicted octanol–water partition coefficient (Wildman–Crippen LogP) is 3.63. The summed E-state index contributed by atoms with van der Waals surface area (Å²) < 4.78 is 5.46. The molecule has 0 bridgehead atoms. The van der Waals surface area contributed by atoms with Crippen molar-refractivity contribution in [2.45, 2.75) is 5.92 Å². The molecule has 4 rings (SSSR count). The molecule has 0 aromatic heterocycles. The maximum absolute atomic E-state index is 12.8. The first-order chi connectivity index (χ1) is 14.4. The van der Waals surface area contributed by atoms with Crippen LogP contribution in [0, 0.1) is 0 Å². The monoisotopic (exact) mass is 403 g/mol. The average molecular weight is 403 g/mol. The molecule has 7 heteroatoms. The van der Waals surface area contributed by atoms with Crippen molar-refractivity contribution in [3.8, 4) is 11.1 Å². The van der Waals surface area contributed by atoms with Gasteiger partial charge in [0.15, 0.2) is 0 Å². The molecule has 0 fully saturated rings. The maximum atomic E-state index is 12.8. The molecule has 1 aliphatic carbocycles. The smallest absolute Gasteiger partial charge is 0.341 e. The summed E-state index contributed by atoms with van der Waals surface area (Å²) in [4.78, 5) is 35.7. The Balaban J connectivity index is 1.67. The van der Waals surface area contributed by atoms with Gasteiger partial charge in [0.05, 0.1) is 22.4 Å². The molecule has 0 heterocycles. The zero-order valence-electron chi connectivity index (χ0n) is 15.7. The lowest BCUT2D eigenvalue weighted by atomic mass is 9.98. The number of nitrogen functional groups attached to an aromatic ring is 1. The standard InChI is InChI=1S/C23H17NO6/c24-20-17(22(27)28)10-9-16(21(25)26)19(20)23(29)30-11-18-14-7-3-1-5-12(14)13-6-2-4-8-15(13)18/h1-10,18H,11,24H2,(H,25,26)(H,27,28). The summed E-state index contributed by atoms with van der Waals surface area (Å²) in [6, 6.07) is 17.7. The van der Waals surface area contributed by atoms with Crippen LogP contribution in [-0.4, -0.2) is 34.7 Å². The van der Waals surface area contributed by atoms with Crippen LogP contribution in [0.1, 0.15) is 48.1 Å². The van der Waals surface area contributed by atoms with Crippen molar-refractivity contribution in [1.29, 1.82) is 0 Å². The van der Waals surface area contributed by atoms with E-state index < -0.39 is 34.7 Å². The van der Waals surface area contributed by atoms with Gasteiger partial charge < -0.3 is 20.7 Å². The first-order valence-electron chi connectivity index (χ1n) is 9.14. The van der Waals surface area contributed by atoms with Crippen molar-refractivity contribution in [1.82, 2.24) is 0 Å². The van der Waals surface area contributed by atoms with Crippen LogP contribution in [0.3, 0.4) is 0 Å². The molecular weight excluding hydrogens is 386 g/mol. The molecule has 0 atom stereocenters. The van der Waals surface area contributed by atoms with Crippen molar-refractivity contribution in [3.05, 3.63) is 88.5 Å². The van der Waals surface area contributed by atoms with Gasteiger partial charge in [-0.15, -0.1) is 0 Å². The van der Waals surface area contributed by atoms with Gasteiger partial charge in [-0.25, -0.2) is 14.4 Å². The minimum atomic E-state index is -1.40. The largest absolute Gasteiger partial charge is 0.478 e. The Morgan fingerprint density at radius 3 is 1.83 bits per heavy atom. The first-order valence-corrected chi connectivity index (χ1v) is 9.14. The molecule has 0 spiro atoms. The van der Waals surface area contributed by atoms with Gasteiger partial charge >= 0.3 is 17.9 Å². The first kappa shape index (κ1) is 19.2. The zero-order chi connectivity index (χ0) is 21.4. The lowest BCUT2D eigenvalue weighted by Gasteiger charge is -2.16. The van der Waals surface area contributed by atoms with Gasteiger partial charge in [0, 0.05) is 5.92 Å². The number of nitrogens with two attached hydrogens (primary N) is 1. The number of carbonyl (C=O) groups excluding carboxylic acids is 1. The molecule has 3 aromatic carbocycles. The Morgan fingerprint density at radius 1 is 0.800 bits per heavy atom. The Hall–Kier alpha value is -4.13. The summed E-state index contributed by atoms with van der Waals surface area (Å²) in [5, 5.41) is 18.6. The van der Waals surface area contributed by atoms with E-state index in [-0.39, 0.29) is 18.1 Å². The minimum absolute atomic E-state index is 0.0390. The van der Waals surface area contributed by atoms with Crippen LogP contribution in [0.25, 0.3) is 11.1 Å². The van der Waals surface area contributed by atoms with Gasteiger partial charge in [-0.3, -0.25) is 0 Å². The minimum Gasteiger partial charge on any atom is -0.478 e. The molecule has 0 saturated carbocycles. The van der Waals surface area contributed by atoms with E-state index >= 15 is 0 Å². The second-order valence-corrected chi connectivity index (χ2v) is 6.89. The third-order valence-corrected chi connectivity index (χ3v) is 5.25. The number of carboxylic acids is 2. The number of rotatable bonds is 5. The third kappa shape index (κ3) is 3.06. The molecule has 7 nitrogen and oxygen atoms in total. The summed E-state index contributed by atoms with van der Waals surface area (Å²) in [7, 11) is 0. The van der Waals surface area contributed by atoms with E-state index in [1.54, 1.807) is 0 Å². The highest BCUT2D eigenvalue weighted by molar-refractivity contribution is 6.10. The molecule has 1 aliphatic rings. The van der Waals surface area contributed by atoms with E-state index in [1.165, 1.54) is 0 Å². The van der Waals surface area contributed by atoms with Crippen molar-refractivity contribution >= 4 is 23.6 Å². The second-order valence-electron chi connectivity index (χ2n) is 6.89. The lowest BCUT2D eigenvalue weighted by molar-refractivity contribution is 0.0485. The molecule has 0 aliphatic heterocycles. The number of hydrogen-bond acceptors (Lipinski definition) is 5. The molecule has 0 amide bonds. The highest BCUT2D eigenvalue weighted by Crippen LogP contribution is 2.44. The van der Waals surface area contributed by atoms with Gasteiger partial charge in [0.1, 0.15) is 6.61 Å². The average Bonchev–Trinajstić information content (AvgIpc) is 3.05. The molecule has 150 valence electrons.